The molecule has 3 aromatic rings. The molecule has 1 aliphatic rings. The van der Waals surface area contributed by atoms with Gasteiger partial charge >= 0.3 is 0 Å². The van der Waals surface area contributed by atoms with Gasteiger partial charge in [-0.15, -0.1) is 0 Å². The van der Waals surface area contributed by atoms with Gasteiger partial charge in [0.05, 0.1) is 26.0 Å². The number of methoxy groups -OCH3 is 2. The lowest BCUT2D eigenvalue weighted by molar-refractivity contribution is -0.131. The second-order valence-electron chi connectivity index (χ2n) is 7.64. The molecule has 2 heterocycles. The SMILES string of the molecule is CC[C@H](C)N1C(=O)CC[C@@H]1c1c(-c2cc(OC)ccc2OC)[nH]c2ccccc12. The summed E-state index contributed by atoms with van der Waals surface area (Å²) in [6.45, 7) is 4.27. The van der Waals surface area contributed by atoms with Crippen LogP contribution in [0, 0.1) is 0 Å². The fraction of sp³-hybridized carbons (Fsp3) is 0.375. The molecule has 0 bridgehead atoms. The zero-order valence-electron chi connectivity index (χ0n) is 17.5. The normalized spacial score (nSPS) is 17.7. The van der Waals surface area contributed by atoms with Crippen molar-refractivity contribution in [2.45, 2.75) is 45.2 Å². The molecule has 1 saturated heterocycles. The van der Waals surface area contributed by atoms with E-state index in [4.69, 9.17) is 9.47 Å². The van der Waals surface area contributed by atoms with E-state index in [1.165, 1.54) is 5.56 Å². The van der Waals surface area contributed by atoms with Crippen molar-refractivity contribution in [2.75, 3.05) is 14.2 Å². The van der Waals surface area contributed by atoms with Gasteiger partial charge in [-0.05, 0) is 44.0 Å². The Balaban J connectivity index is 1.97. The van der Waals surface area contributed by atoms with Crippen LogP contribution in [0.3, 0.4) is 0 Å². The minimum atomic E-state index is 0.0412. The van der Waals surface area contributed by atoms with Gasteiger partial charge in [-0.1, -0.05) is 25.1 Å². The average Bonchev–Trinajstić information content (AvgIpc) is 3.32. The van der Waals surface area contributed by atoms with Crippen molar-refractivity contribution in [1.29, 1.82) is 0 Å². The number of carbonyl (C=O) groups is 1. The summed E-state index contributed by atoms with van der Waals surface area (Å²) in [5, 5.41) is 1.15. The van der Waals surface area contributed by atoms with Crippen LogP contribution in [-0.4, -0.2) is 36.1 Å². The third kappa shape index (κ3) is 3.24. The predicted octanol–water partition coefficient (Wildman–Crippen LogP) is 5.31. The fourth-order valence-corrected chi connectivity index (χ4v) is 4.47. The number of fused-ring (bicyclic) bond motifs is 1. The van der Waals surface area contributed by atoms with Crippen molar-refractivity contribution >= 4 is 16.8 Å². The van der Waals surface area contributed by atoms with E-state index in [2.05, 4.69) is 41.9 Å². The molecule has 2 aromatic carbocycles. The van der Waals surface area contributed by atoms with Crippen LogP contribution in [0.4, 0.5) is 0 Å². The Hall–Kier alpha value is -2.95. The van der Waals surface area contributed by atoms with Crippen LogP contribution in [0.2, 0.25) is 0 Å². The van der Waals surface area contributed by atoms with Crippen molar-refractivity contribution in [3.05, 3.63) is 48.0 Å². The molecule has 0 aliphatic carbocycles. The van der Waals surface area contributed by atoms with E-state index in [9.17, 15) is 4.79 Å². The zero-order valence-corrected chi connectivity index (χ0v) is 17.5. The number of likely N-dealkylation sites (tertiary alicyclic amines) is 1. The van der Waals surface area contributed by atoms with Gasteiger partial charge in [0.25, 0.3) is 0 Å². The van der Waals surface area contributed by atoms with E-state index in [-0.39, 0.29) is 18.0 Å². The average molecular weight is 392 g/mol. The summed E-state index contributed by atoms with van der Waals surface area (Å²) < 4.78 is 11.1. The highest BCUT2D eigenvalue weighted by Gasteiger charge is 2.38. The summed E-state index contributed by atoms with van der Waals surface area (Å²) in [7, 11) is 3.34. The molecule has 0 saturated carbocycles. The van der Waals surface area contributed by atoms with Gasteiger partial charge in [0, 0.05) is 34.5 Å². The Morgan fingerprint density at radius 1 is 1.17 bits per heavy atom. The van der Waals surface area contributed by atoms with E-state index in [1.807, 2.05) is 24.3 Å². The number of para-hydroxylation sites is 1. The van der Waals surface area contributed by atoms with Crippen LogP contribution < -0.4 is 9.47 Å². The first kappa shape index (κ1) is 19.4. The Morgan fingerprint density at radius 2 is 1.97 bits per heavy atom. The molecule has 29 heavy (non-hydrogen) atoms. The molecule has 5 heteroatoms. The maximum absolute atomic E-state index is 12.8. The summed E-state index contributed by atoms with van der Waals surface area (Å²) in [5.41, 5.74) is 4.17. The molecule has 1 aliphatic heterocycles. The number of carbonyl (C=O) groups excluding carboxylic acids is 1. The number of nitrogens with one attached hydrogen (secondary N) is 1. The molecule has 1 N–H and O–H groups in total. The topological polar surface area (TPSA) is 54.6 Å². The van der Waals surface area contributed by atoms with Crippen molar-refractivity contribution in [2.24, 2.45) is 0 Å². The summed E-state index contributed by atoms with van der Waals surface area (Å²) in [5.74, 6) is 1.78. The van der Waals surface area contributed by atoms with Gasteiger partial charge in [-0.3, -0.25) is 4.79 Å². The molecule has 2 atom stereocenters. The first-order chi connectivity index (χ1) is 14.1. The van der Waals surface area contributed by atoms with Gasteiger partial charge in [-0.2, -0.15) is 0 Å². The van der Waals surface area contributed by atoms with E-state index < -0.39 is 0 Å². The van der Waals surface area contributed by atoms with Gasteiger partial charge in [0.15, 0.2) is 0 Å². The monoisotopic (exact) mass is 392 g/mol. The molecule has 1 fully saturated rings. The lowest BCUT2D eigenvalue weighted by atomic mass is 9.95. The van der Waals surface area contributed by atoms with Crippen LogP contribution in [0.1, 0.15) is 44.7 Å². The van der Waals surface area contributed by atoms with E-state index >= 15 is 0 Å². The summed E-state index contributed by atoms with van der Waals surface area (Å²) in [6.07, 6.45) is 2.34. The maximum atomic E-state index is 12.8. The largest absolute Gasteiger partial charge is 0.497 e. The lowest BCUT2D eigenvalue weighted by Crippen LogP contribution is -2.35. The van der Waals surface area contributed by atoms with Crippen molar-refractivity contribution < 1.29 is 14.3 Å². The molecule has 0 spiro atoms. The number of aromatic nitrogens is 1. The second kappa shape index (κ2) is 7.82. The van der Waals surface area contributed by atoms with Crippen LogP contribution in [0.5, 0.6) is 11.5 Å². The van der Waals surface area contributed by atoms with E-state index in [1.54, 1.807) is 14.2 Å². The molecule has 1 aromatic heterocycles. The second-order valence-corrected chi connectivity index (χ2v) is 7.64. The molecule has 0 unspecified atom stereocenters. The van der Waals surface area contributed by atoms with E-state index in [0.29, 0.717) is 6.42 Å². The number of rotatable bonds is 6. The van der Waals surface area contributed by atoms with Crippen molar-refractivity contribution in [1.82, 2.24) is 9.88 Å². The number of hydrogen-bond donors (Lipinski definition) is 1. The van der Waals surface area contributed by atoms with Gasteiger partial charge in [0.2, 0.25) is 5.91 Å². The Morgan fingerprint density at radius 3 is 2.69 bits per heavy atom. The van der Waals surface area contributed by atoms with E-state index in [0.717, 1.165) is 46.5 Å². The summed E-state index contributed by atoms with van der Waals surface area (Å²) in [4.78, 5) is 18.4. The molecule has 1 amide bonds. The number of aromatic amines is 1. The highest BCUT2D eigenvalue weighted by atomic mass is 16.5. The Labute approximate surface area is 171 Å². The van der Waals surface area contributed by atoms with Crippen molar-refractivity contribution in [3.8, 4) is 22.8 Å². The quantitative estimate of drug-likeness (QED) is 0.618. The summed E-state index contributed by atoms with van der Waals surface area (Å²) >= 11 is 0. The predicted molar refractivity (Wildman–Crippen MR) is 115 cm³/mol. The van der Waals surface area contributed by atoms with Crippen LogP contribution in [0.15, 0.2) is 42.5 Å². The first-order valence-corrected chi connectivity index (χ1v) is 10.2. The summed E-state index contributed by atoms with van der Waals surface area (Å²) in [6, 6.07) is 14.4. The smallest absolute Gasteiger partial charge is 0.223 e. The molecule has 4 rings (SSSR count). The molecular formula is C24H28N2O3. The van der Waals surface area contributed by atoms with Crippen LogP contribution in [0.25, 0.3) is 22.2 Å². The van der Waals surface area contributed by atoms with Crippen LogP contribution in [-0.2, 0) is 4.79 Å². The molecule has 5 nitrogen and oxygen atoms in total. The third-order valence-electron chi connectivity index (χ3n) is 6.08. The Bertz CT molecular complexity index is 1040. The number of hydrogen-bond acceptors (Lipinski definition) is 3. The van der Waals surface area contributed by atoms with Gasteiger partial charge in [0.1, 0.15) is 11.5 Å². The molecule has 152 valence electrons. The number of nitrogens with zero attached hydrogens (tertiary/aromatic N) is 1. The number of benzene rings is 2. The minimum absolute atomic E-state index is 0.0412. The zero-order chi connectivity index (χ0) is 20.5. The standard InChI is InChI=1S/C24H28N2O3/c1-5-15(2)26-20(11-13-22(26)27)23-17-8-6-7-9-19(17)25-24(23)18-14-16(28-3)10-12-21(18)29-4/h6-10,12,14-15,20,25H,5,11,13H2,1-4H3/t15-,20+/m0/s1. The fourth-order valence-electron chi connectivity index (χ4n) is 4.47. The van der Waals surface area contributed by atoms with Crippen LogP contribution >= 0.6 is 0 Å². The minimum Gasteiger partial charge on any atom is -0.497 e. The van der Waals surface area contributed by atoms with Crippen molar-refractivity contribution in [3.63, 3.8) is 0 Å². The molecule has 0 radical (unpaired) electrons. The Kier molecular flexibility index (Phi) is 5.22. The highest BCUT2D eigenvalue weighted by molar-refractivity contribution is 5.94. The lowest BCUT2D eigenvalue weighted by Gasteiger charge is -2.31. The number of H-pyrrole nitrogens is 1. The van der Waals surface area contributed by atoms with Gasteiger partial charge < -0.3 is 19.4 Å². The number of ether oxygens (including phenoxy) is 2. The number of amides is 1. The third-order valence-corrected chi connectivity index (χ3v) is 6.08. The highest BCUT2D eigenvalue weighted by Crippen LogP contribution is 2.46. The van der Waals surface area contributed by atoms with Gasteiger partial charge in [-0.25, -0.2) is 0 Å². The molecular weight excluding hydrogens is 364 g/mol. The maximum Gasteiger partial charge on any atom is 0.223 e. The first-order valence-electron chi connectivity index (χ1n) is 10.2.